The normalized spacial score (nSPS) is 10.9. The van der Waals surface area contributed by atoms with E-state index >= 15 is 0 Å². The van der Waals surface area contributed by atoms with Gasteiger partial charge in [-0.2, -0.15) is 10.1 Å². The van der Waals surface area contributed by atoms with Crippen LogP contribution < -0.4 is 0 Å². The van der Waals surface area contributed by atoms with Gasteiger partial charge in [0.05, 0.1) is 11.8 Å². The molecule has 2 heterocycles. The van der Waals surface area contributed by atoms with Crippen LogP contribution in [0, 0.1) is 0 Å². The van der Waals surface area contributed by atoms with Gasteiger partial charge in [-0.25, -0.2) is 0 Å². The van der Waals surface area contributed by atoms with Gasteiger partial charge in [-0.1, -0.05) is 5.16 Å². The molecule has 6 heteroatoms. The fourth-order valence-corrected chi connectivity index (χ4v) is 1.40. The van der Waals surface area contributed by atoms with E-state index in [2.05, 4.69) is 15.2 Å². The number of aromatic nitrogens is 4. The van der Waals surface area contributed by atoms with Crippen molar-refractivity contribution in [1.82, 2.24) is 19.9 Å². The maximum atomic E-state index is 8.65. The minimum Gasteiger partial charge on any atom is -0.396 e. The Bertz CT molecular complexity index is 449. The largest absolute Gasteiger partial charge is 0.396 e. The average molecular weight is 222 g/mol. The van der Waals surface area contributed by atoms with Crippen LogP contribution in [0.4, 0.5) is 0 Å². The Morgan fingerprint density at radius 2 is 2.31 bits per heavy atom. The van der Waals surface area contributed by atoms with Gasteiger partial charge in [0.1, 0.15) is 0 Å². The molecule has 0 aliphatic heterocycles. The van der Waals surface area contributed by atoms with Gasteiger partial charge in [0.2, 0.25) is 11.7 Å². The lowest BCUT2D eigenvalue weighted by Crippen LogP contribution is -1.88. The van der Waals surface area contributed by atoms with Crippen molar-refractivity contribution in [3.05, 3.63) is 18.3 Å². The zero-order valence-electron chi connectivity index (χ0n) is 9.13. The molecule has 2 rings (SSSR count). The fraction of sp³-hybridized carbons (Fsp3) is 0.500. The molecule has 0 saturated carbocycles. The van der Waals surface area contributed by atoms with Crippen LogP contribution in [0.15, 0.2) is 16.9 Å². The molecule has 0 amide bonds. The summed E-state index contributed by atoms with van der Waals surface area (Å²) in [4.78, 5) is 4.25. The molecule has 0 fully saturated rings. The van der Waals surface area contributed by atoms with Crippen LogP contribution in [-0.4, -0.2) is 31.6 Å². The molecular weight excluding hydrogens is 208 g/mol. The molecule has 0 unspecified atom stereocenters. The number of rotatable bonds is 5. The van der Waals surface area contributed by atoms with Crippen molar-refractivity contribution >= 4 is 0 Å². The molecule has 2 aromatic rings. The van der Waals surface area contributed by atoms with Gasteiger partial charge < -0.3 is 9.63 Å². The van der Waals surface area contributed by atoms with Crippen molar-refractivity contribution < 1.29 is 9.63 Å². The molecule has 0 bridgehead atoms. The van der Waals surface area contributed by atoms with Crippen molar-refractivity contribution in [2.24, 2.45) is 7.05 Å². The molecule has 1 N–H and O–H groups in total. The van der Waals surface area contributed by atoms with Crippen molar-refractivity contribution in [2.45, 2.75) is 19.3 Å². The Hall–Kier alpha value is -1.69. The lowest BCUT2D eigenvalue weighted by atomic mass is 10.2. The van der Waals surface area contributed by atoms with Crippen molar-refractivity contribution in [3.8, 4) is 11.4 Å². The second-order valence-corrected chi connectivity index (χ2v) is 3.60. The summed E-state index contributed by atoms with van der Waals surface area (Å²) in [6, 6.07) is 0. The highest BCUT2D eigenvalue weighted by atomic mass is 16.5. The summed E-state index contributed by atoms with van der Waals surface area (Å²) in [5.74, 6) is 1.17. The number of hydrogen-bond acceptors (Lipinski definition) is 5. The van der Waals surface area contributed by atoms with Gasteiger partial charge >= 0.3 is 0 Å². The molecule has 0 aliphatic rings. The Morgan fingerprint density at radius 3 is 3.00 bits per heavy atom. The van der Waals surface area contributed by atoms with Crippen molar-refractivity contribution in [2.75, 3.05) is 6.61 Å². The first-order valence-corrected chi connectivity index (χ1v) is 5.22. The summed E-state index contributed by atoms with van der Waals surface area (Å²) in [7, 11) is 1.84. The summed E-state index contributed by atoms with van der Waals surface area (Å²) < 4.78 is 6.79. The standard InChI is InChI=1S/C10H14N4O2/c1-14-7-8(6-11-14)10-12-9(16-13-10)4-2-3-5-15/h6-7,15H,2-5H2,1H3. The molecule has 0 aliphatic carbocycles. The highest BCUT2D eigenvalue weighted by Crippen LogP contribution is 2.14. The average Bonchev–Trinajstić information content (AvgIpc) is 2.87. The molecule has 0 spiro atoms. The molecule has 86 valence electrons. The molecule has 0 saturated heterocycles. The first-order valence-electron chi connectivity index (χ1n) is 5.22. The van der Waals surface area contributed by atoms with E-state index in [0.717, 1.165) is 18.4 Å². The predicted molar refractivity (Wildman–Crippen MR) is 56.5 cm³/mol. The third-order valence-corrected chi connectivity index (χ3v) is 2.23. The second kappa shape index (κ2) is 4.89. The van der Waals surface area contributed by atoms with Crippen LogP contribution in [-0.2, 0) is 13.5 Å². The Morgan fingerprint density at radius 1 is 1.44 bits per heavy atom. The predicted octanol–water partition coefficient (Wildman–Crippen LogP) is 0.785. The molecular formula is C10H14N4O2. The number of nitrogens with zero attached hydrogens (tertiary/aromatic N) is 4. The van der Waals surface area contributed by atoms with E-state index < -0.39 is 0 Å². The molecule has 0 atom stereocenters. The van der Waals surface area contributed by atoms with E-state index in [9.17, 15) is 0 Å². The fourth-order valence-electron chi connectivity index (χ4n) is 1.40. The third kappa shape index (κ3) is 2.46. The van der Waals surface area contributed by atoms with Gasteiger partial charge in [-0.3, -0.25) is 4.68 Å². The van der Waals surface area contributed by atoms with Gasteiger partial charge in [-0.05, 0) is 12.8 Å². The van der Waals surface area contributed by atoms with Crippen LogP contribution >= 0.6 is 0 Å². The van der Waals surface area contributed by atoms with Gasteiger partial charge in [0, 0.05) is 26.3 Å². The minimum absolute atomic E-state index is 0.198. The lowest BCUT2D eigenvalue weighted by molar-refractivity contribution is 0.281. The number of aliphatic hydroxyl groups is 1. The molecule has 6 nitrogen and oxygen atoms in total. The monoisotopic (exact) mass is 222 g/mol. The van der Waals surface area contributed by atoms with E-state index in [0.29, 0.717) is 18.1 Å². The highest BCUT2D eigenvalue weighted by Gasteiger charge is 2.09. The van der Waals surface area contributed by atoms with E-state index in [-0.39, 0.29) is 6.61 Å². The first-order chi connectivity index (χ1) is 7.79. The highest BCUT2D eigenvalue weighted by molar-refractivity contribution is 5.50. The quantitative estimate of drug-likeness (QED) is 0.756. The van der Waals surface area contributed by atoms with E-state index in [1.54, 1.807) is 10.9 Å². The number of hydrogen-bond donors (Lipinski definition) is 1. The lowest BCUT2D eigenvalue weighted by Gasteiger charge is -1.90. The van der Waals surface area contributed by atoms with Crippen molar-refractivity contribution in [1.29, 1.82) is 0 Å². The number of unbranched alkanes of at least 4 members (excludes halogenated alkanes) is 1. The zero-order valence-corrected chi connectivity index (χ0v) is 9.13. The van der Waals surface area contributed by atoms with Gasteiger partial charge in [-0.15, -0.1) is 0 Å². The number of aryl methyl sites for hydroxylation is 2. The van der Waals surface area contributed by atoms with Crippen LogP contribution in [0.2, 0.25) is 0 Å². The first kappa shape index (κ1) is 10.8. The van der Waals surface area contributed by atoms with Gasteiger partial charge in [0.25, 0.3) is 0 Å². The zero-order chi connectivity index (χ0) is 11.4. The summed E-state index contributed by atoms with van der Waals surface area (Å²) in [6.45, 7) is 0.198. The molecule has 2 aromatic heterocycles. The number of aliphatic hydroxyl groups excluding tert-OH is 1. The topological polar surface area (TPSA) is 77.0 Å². The summed E-state index contributed by atoms with van der Waals surface area (Å²) in [6.07, 6.45) is 5.84. The SMILES string of the molecule is Cn1cc(-c2noc(CCCCO)n2)cn1. The smallest absolute Gasteiger partial charge is 0.226 e. The summed E-state index contributed by atoms with van der Waals surface area (Å²) in [5.41, 5.74) is 0.847. The molecule has 0 aromatic carbocycles. The van der Waals surface area contributed by atoms with Crippen LogP contribution in [0.1, 0.15) is 18.7 Å². The summed E-state index contributed by atoms with van der Waals surface area (Å²) >= 11 is 0. The third-order valence-electron chi connectivity index (χ3n) is 2.23. The Labute approximate surface area is 92.9 Å². The summed E-state index contributed by atoms with van der Waals surface area (Å²) in [5, 5.41) is 16.6. The maximum absolute atomic E-state index is 8.65. The minimum atomic E-state index is 0.198. The molecule has 0 radical (unpaired) electrons. The maximum Gasteiger partial charge on any atom is 0.226 e. The second-order valence-electron chi connectivity index (χ2n) is 3.60. The van der Waals surface area contributed by atoms with Crippen LogP contribution in [0.5, 0.6) is 0 Å². The Kier molecular flexibility index (Phi) is 3.31. The Balaban J connectivity index is 2.02. The van der Waals surface area contributed by atoms with E-state index in [1.165, 1.54) is 0 Å². The van der Waals surface area contributed by atoms with Crippen LogP contribution in [0.25, 0.3) is 11.4 Å². The van der Waals surface area contributed by atoms with Crippen LogP contribution in [0.3, 0.4) is 0 Å². The van der Waals surface area contributed by atoms with Crippen molar-refractivity contribution in [3.63, 3.8) is 0 Å². The van der Waals surface area contributed by atoms with E-state index in [1.807, 2.05) is 13.2 Å². The molecule has 16 heavy (non-hydrogen) atoms. The van der Waals surface area contributed by atoms with Gasteiger partial charge in [0.15, 0.2) is 0 Å². The van der Waals surface area contributed by atoms with E-state index in [4.69, 9.17) is 9.63 Å².